The maximum atomic E-state index is 12.8. The molecule has 0 atom stereocenters. The van der Waals surface area contributed by atoms with Crippen LogP contribution in [-0.4, -0.2) is 11.4 Å². The molecule has 3 N–H and O–H groups in total. The number of rotatable bonds is 2. The standard InChI is InChI=1S/C12H15F3N2O/c1-11(2,3)18-7-4-5-8(10(16)17)9(6-7)12(13,14)15/h4-6H,1-3H3,(H3,16,17). The smallest absolute Gasteiger partial charge is 0.417 e. The van der Waals surface area contributed by atoms with Crippen molar-refractivity contribution in [3.05, 3.63) is 29.3 Å². The van der Waals surface area contributed by atoms with Crippen LogP contribution in [0.25, 0.3) is 0 Å². The molecule has 3 nitrogen and oxygen atoms in total. The minimum absolute atomic E-state index is 0.0971. The molecule has 0 aliphatic carbocycles. The first kappa shape index (κ1) is 14.3. The van der Waals surface area contributed by atoms with Gasteiger partial charge in [-0.15, -0.1) is 0 Å². The number of nitrogens with two attached hydrogens (primary N) is 1. The van der Waals surface area contributed by atoms with Crippen LogP contribution in [0.5, 0.6) is 5.75 Å². The highest BCUT2D eigenvalue weighted by Gasteiger charge is 2.34. The number of hydrogen-bond acceptors (Lipinski definition) is 2. The molecule has 0 aromatic heterocycles. The first-order chi connectivity index (χ1) is 8.00. The quantitative estimate of drug-likeness (QED) is 0.633. The Morgan fingerprint density at radius 1 is 1.22 bits per heavy atom. The van der Waals surface area contributed by atoms with E-state index < -0.39 is 23.2 Å². The molecule has 0 amide bonds. The van der Waals surface area contributed by atoms with Gasteiger partial charge in [-0.05, 0) is 39.0 Å². The molecule has 0 aliphatic heterocycles. The summed E-state index contributed by atoms with van der Waals surface area (Å²) in [5.41, 5.74) is 3.23. The van der Waals surface area contributed by atoms with Gasteiger partial charge >= 0.3 is 6.18 Å². The van der Waals surface area contributed by atoms with Crippen molar-refractivity contribution in [3.8, 4) is 5.75 Å². The van der Waals surface area contributed by atoms with Crippen LogP contribution in [0, 0.1) is 5.41 Å². The molecule has 100 valence electrons. The van der Waals surface area contributed by atoms with Crippen molar-refractivity contribution < 1.29 is 17.9 Å². The molecule has 0 saturated heterocycles. The van der Waals surface area contributed by atoms with E-state index in [0.29, 0.717) is 0 Å². The SMILES string of the molecule is CC(C)(C)Oc1ccc(C(=N)N)c(C(F)(F)F)c1. The van der Waals surface area contributed by atoms with Crippen LogP contribution in [0.3, 0.4) is 0 Å². The molecule has 0 heterocycles. The van der Waals surface area contributed by atoms with E-state index in [9.17, 15) is 13.2 Å². The summed E-state index contributed by atoms with van der Waals surface area (Å²) in [6.07, 6.45) is -4.57. The van der Waals surface area contributed by atoms with Gasteiger partial charge in [0, 0.05) is 5.56 Å². The molecule has 18 heavy (non-hydrogen) atoms. The highest BCUT2D eigenvalue weighted by Crippen LogP contribution is 2.35. The number of nitrogen functional groups attached to an aromatic ring is 1. The predicted molar refractivity (Wildman–Crippen MR) is 62.8 cm³/mol. The highest BCUT2D eigenvalue weighted by atomic mass is 19.4. The number of halogens is 3. The molecule has 0 spiro atoms. The first-order valence-electron chi connectivity index (χ1n) is 5.25. The monoisotopic (exact) mass is 260 g/mol. The normalized spacial score (nSPS) is 12.3. The first-order valence-corrected chi connectivity index (χ1v) is 5.25. The van der Waals surface area contributed by atoms with Crippen molar-refractivity contribution >= 4 is 5.84 Å². The molecule has 0 bridgehead atoms. The lowest BCUT2D eigenvalue weighted by molar-refractivity contribution is -0.137. The number of nitrogens with one attached hydrogen (secondary N) is 1. The second-order valence-electron chi connectivity index (χ2n) is 4.83. The summed E-state index contributed by atoms with van der Waals surface area (Å²) in [7, 11) is 0. The Balaban J connectivity index is 3.27. The largest absolute Gasteiger partial charge is 0.488 e. The lowest BCUT2D eigenvalue weighted by Gasteiger charge is -2.22. The zero-order chi connectivity index (χ0) is 14.1. The van der Waals surface area contributed by atoms with Gasteiger partial charge in [0.05, 0.1) is 5.56 Å². The Morgan fingerprint density at radius 2 is 1.78 bits per heavy atom. The number of benzene rings is 1. The van der Waals surface area contributed by atoms with Gasteiger partial charge in [-0.1, -0.05) is 0 Å². The van der Waals surface area contributed by atoms with Crippen LogP contribution in [-0.2, 0) is 6.18 Å². The number of alkyl halides is 3. The maximum Gasteiger partial charge on any atom is 0.417 e. The van der Waals surface area contributed by atoms with Crippen LogP contribution < -0.4 is 10.5 Å². The predicted octanol–water partition coefficient (Wildman–Crippen LogP) is 3.17. The van der Waals surface area contributed by atoms with E-state index in [1.165, 1.54) is 6.07 Å². The third-order valence-electron chi connectivity index (χ3n) is 2.01. The van der Waals surface area contributed by atoms with E-state index in [-0.39, 0.29) is 11.3 Å². The van der Waals surface area contributed by atoms with Crippen molar-refractivity contribution in [1.29, 1.82) is 5.41 Å². The summed E-state index contributed by atoms with van der Waals surface area (Å²) in [6.45, 7) is 5.21. The fourth-order valence-electron chi connectivity index (χ4n) is 1.41. The third kappa shape index (κ3) is 3.65. The van der Waals surface area contributed by atoms with E-state index in [2.05, 4.69) is 0 Å². The molecular weight excluding hydrogens is 245 g/mol. The molecule has 1 aromatic rings. The molecule has 0 aliphatic rings. The van der Waals surface area contributed by atoms with Gasteiger partial charge in [0.2, 0.25) is 0 Å². The Bertz CT molecular complexity index is 461. The van der Waals surface area contributed by atoms with Gasteiger partial charge in [-0.3, -0.25) is 5.41 Å². The highest BCUT2D eigenvalue weighted by molar-refractivity contribution is 5.96. The van der Waals surface area contributed by atoms with E-state index in [4.69, 9.17) is 15.9 Å². The molecule has 1 rings (SSSR count). The number of hydrogen-bond donors (Lipinski definition) is 2. The summed E-state index contributed by atoms with van der Waals surface area (Å²) in [5.74, 6) is -0.524. The van der Waals surface area contributed by atoms with Crippen molar-refractivity contribution in [2.45, 2.75) is 32.5 Å². The zero-order valence-electron chi connectivity index (χ0n) is 10.4. The molecular formula is C12H15F3N2O. The Kier molecular flexibility index (Phi) is 3.59. The maximum absolute atomic E-state index is 12.8. The summed E-state index contributed by atoms with van der Waals surface area (Å²) in [4.78, 5) is 0. The van der Waals surface area contributed by atoms with Gasteiger partial charge in [0.15, 0.2) is 0 Å². The average molecular weight is 260 g/mol. The van der Waals surface area contributed by atoms with E-state index in [0.717, 1.165) is 12.1 Å². The summed E-state index contributed by atoms with van der Waals surface area (Å²) >= 11 is 0. The summed E-state index contributed by atoms with van der Waals surface area (Å²) < 4.78 is 43.8. The lowest BCUT2D eigenvalue weighted by atomic mass is 10.1. The zero-order valence-corrected chi connectivity index (χ0v) is 10.4. The van der Waals surface area contributed by atoms with Crippen molar-refractivity contribution in [2.24, 2.45) is 5.73 Å². The third-order valence-corrected chi connectivity index (χ3v) is 2.01. The minimum Gasteiger partial charge on any atom is -0.488 e. The van der Waals surface area contributed by atoms with Gasteiger partial charge in [0.25, 0.3) is 0 Å². The average Bonchev–Trinajstić information content (AvgIpc) is 2.13. The Hall–Kier alpha value is -1.72. The van der Waals surface area contributed by atoms with Gasteiger partial charge in [-0.2, -0.15) is 13.2 Å². The number of ether oxygens (including phenoxy) is 1. The molecule has 0 radical (unpaired) electrons. The summed E-state index contributed by atoms with van der Waals surface area (Å²) in [5, 5.41) is 7.14. The van der Waals surface area contributed by atoms with Gasteiger partial charge in [-0.25, -0.2) is 0 Å². The van der Waals surface area contributed by atoms with Crippen LogP contribution in [0.1, 0.15) is 31.9 Å². The Morgan fingerprint density at radius 3 is 2.17 bits per heavy atom. The van der Waals surface area contributed by atoms with Crippen molar-refractivity contribution in [1.82, 2.24) is 0 Å². The number of amidine groups is 1. The molecule has 0 fully saturated rings. The Labute approximate surface area is 103 Å². The molecule has 6 heteroatoms. The van der Waals surface area contributed by atoms with Gasteiger partial charge in [0.1, 0.15) is 17.2 Å². The molecule has 0 saturated carbocycles. The van der Waals surface area contributed by atoms with E-state index in [1.807, 2.05) is 0 Å². The minimum atomic E-state index is -4.57. The van der Waals surface area contributed by atoms with Gasteiger partial charge < -0.3 is 10.5 Å². The fraction of sp³-hybridized carbons (Fsp3) is 0.417. The van der Waals surface area contributed by atoms with Crippen LogP contribution >= 0.6 is 0 Å². The van der Waals surface area contributed by atoms with Crippen molar-refractivity contribution in [3.63, 3.8) is 0 Å². The lowest BCUT2D eigenvalue weighted by Crippen LogP contribution is -2.24. The second kappa shape index (κ2) is 4.51. The van der Waals surface area contributed by atoms with Crippen molar-refractivity contribution in [2.75, 3.05) is 0 Å². The van der Waals surface area contributed by atoms with E-state index >= 15 is 0 Å². The topological polar surface area (TPSA) is 59.1 Å². The van der Waals surface area contributed by atoms with Crippen LogP contribution in [0.15, 0.2) is 18.2 Å². The second-order valence-corrected chi connectivity index (χ2v) is 4.83. The van der Waals surface area contributed by atoms with Crippen LogP contribution in [0.2, 0.25) is 0 Å². The fourth-order valence-corrected chi connectivity index (χ4v) is 1.41. The van der Waals surface area contributed by atoms with E-state index in [1.54, 1.807) is 20.8 Å². The molecule has 0 unspecified atom stereocenters. The van der Waals surface area contributed by atoms with Crippen LogP contribution in [0.4, 0.5) is 13.2 Å². The molecule has 1 aromatic carbocycles. The summed E-state index contributed by atoms with van der Waals surface area (Å²) in [6, 6.07) is 3.38.